The molecule has 0 heterocycles. The summed E-state index contributed by atoms with van der Waals surface area (Å²) in [5.74, 6) is -0.633. The molecular weight excluding hydrogens is 283 g/mol. The molecule has 1 aliphatic rings. The molecule has 1 aromatic carbocycles. The SMILES string of the molecule is Cl.NCCOc1ccc(C(=O)NC2CCCC2)cc1F. The average molecular weight is 303 g/mol. The summed E-state index contributed by atoms with van der Waals surface area (Å²) in [6.45, 7) is 0.577. The van der Waals surface area contributed by atoms with Gasteiger partial charge in [0.25, 0.3) is 5.91 Å². The molecule has 1 aliphatic carbocycles. The van der Waals surface area contributed by atoms with Crippen molar-refractivity contribution >= 4 is 18.3 Å². The van der Waals surface area contributed by atoms with E-state index >= 15 is 0 Å². The first kappa shape index (κ1) is 16.7. The molecule has 3 N–H and O–H groups in total. The van der Waals surface area contributed by atoms with E-state index in [1.54, 1.807) is 6.07 Å². The minimum absolute atomic E-state index is 0. The number of hydrogen-bond acceptors (Lipinski definition) is 3. The molecule has 1 saturated carbocycles. The maximum Gasteiger partial charge on any atom is 0.251 e. The van der Waals surface area contributed by atoms with Crippen molar-refractivity contribution in [1.82, 2.24) is 5.32 Å². The largest absolute Gasteiger partial charge is 0.489 e. The Bertz CT molecular complexity index is 451. The molecule has 1 aromatic rings. The molecular formula is C14H20ClFN2O2. The number of nitrogens with two attached hydrogens (primary N) is 1. The summed E-state index contributed by atoms with van der Waals surface area (Å²) in [5.41, 5.74) is 5.61. The van der Waals surface area contributed by atoms with Crippen LogP contribution in [0.3, 0.4) is 0 Å². The van der Waals surface area contributed by atoms with Crippen LogP contribution in [-0.4, -0.2) is 25.1 Å². The normalized spacial score (nSPS) is 14.7. The average Bonchev–Trinajstić information content (AvgIpc) is 2.90. The minimum atomic E-state index is -0.535. The molecule has 0 aliphatic heterocycles. The van der Waals surface area contributed by atoms with Gasteiger partial charge in [0, 0.05) is 18.2 Å². The highest BCUT2D eigenvalue weighted by Crippen LogP contribution is 2.20. The van der Waals surface area contributed by atoms with E-state index < -0.39 is 5.82 Å². The summed E-state index contributed by atoms with van der Waals surface area (Å²) >= 11 is 0. The molecule has 6 heteroatoms. The Hall–Kier alpha value is -1.33. The zero-order chi connectivity index (χ0) is 13.7. The Morgan fingerprint density at radius 2 is 2.10 bits per heavy atom. The topological polar surface area (TPSA) is 64.3 Å². The van der Waals surface area contributed by atoms with Crippen LogP contribution in [-0.2, 0) is 0 Å². The van der Waals surface area contributed by atoms with Gasteiger partial charge >= 0.3 is 0 Å². The van der Waals surface area contributed by atoms with Crippen LogP contribution in [0.1, 0.15) is 36.0 Å². The third-order valence-corrected chi connectivity index (χ3v) is 3.26. The van der Waals surface area contributed by atoms with Gasteiger partial charge in [-0.15, -0.1) is 12.4 Å². The van der Waals surface area contributed by atoms with E-state index in [0.717, 1.165) is 25.7 Å². The van der Waals surface area contributed by atoms with Gasteiger partial charge in [-0.25, -0.2) is 4.39 Å². The zero-order valence-corrected chi connectivity index (χ0v) is 12.0. The summed E-state index contributed by atoms with van der Waals surface area (Å²) < 4.78 is 18.8. The van der Waals surface area contributed by atoms with Crippen molar-refractivity contribution < 1.29 is 13.9 Å². The first-order valence-electron chi connectivity index (χ1n) is 6.64. The number of nitrogens with one attached hydrogen (secondary N) is 1. The molecule has 0 spiro atoms. The van der Waals surface area contributed by atoms with Crippen LogP contribution < -0.4 is 15.8 Å². The number of hydrogen-bond donors (Lipinski definition) is 2. The van der Waals surface area contributed by atoms with E-state index in [4.69, 9.17) is 10.5 Å². The monoisotopic (exact) mass is 302 g/mol. The molecule has 0 aromatic heterocycles. The lowest BCUT2D eigenvalue weighted by Crippen LogP contribution is -2.32. The third kappa shape index (κ3) is 4.35. The summed E-state index contributed by atoms with van der Waals surface area (Å²) in [6.07, 6.45) is 4.30. The number of carbonyl (C=O) groups excluding carboxylic acids is 1. The van der Waals surface area contributed by atoms with Crippen LogP contribution >= 0.6 is 12.4 Å². The zero-order valence-electron chi connectivity index (χ0n) is 11.2. The van der Waals surface area contributed by atoms with Gasteiger partial charge in [-0.2, -0.15) is 0 Å². The maximum atomic E-state index is 13.7. The fourth-order valence-corrected chi connectivity index (χ4v) is 2.27. The lowest BCUT2D eigenvalue weighted by Gasteiger charge is -2.12. The summed E-state index contributed by atoms with van der Waals surface area (Å²) in [5, 5.41) is 2.92. The molecule has 0 atom stereocenters. The van der Waals surface area contributed by atoms with Crippen molar-refractivity contribution in [3.05, 3.63) is 29.6 Å². The summed E-state index contributed by atoms with van der Waals surface area (Å²) in [6, 6.07) is 4.47. The maximum absolute atomic E-state index is 13.7. The van der Waals surface area contributed by atoms with Gasteiger partial charge in [-0.05, 0) is 31.0 Å². The standard InChI is InChI=1S/C14H19FN2O2.ClH/c15-12-9-10(5-6-13(12)19-8-7-16)14(18)17-11-3-1-2-4-11;/h5-6,9,11H,1-4,7-8,16H2,(H,17,18);1H. The summed E-state index contributed by atoms with van der Waals surface area (Å²) in [4.78, 5) is 11.9. The fraction of sp³-hybridized carbons (Fsp3) is 0.500. The van der Waals surface area contributed by atoms with E-state index in [-0.39, 0.29) is 36.7 Å². The first-order chi connectivity index (χ1) is 9.20. The number of benzene rings is 1. The van der Waals surface area contributed by atoms with Crippen molar-refractivity contribution in [3.63, 3.8) is 0 Å². The number of halogens is 2. The van der Waals surface area contributed by atoms with Crippen LogP contribution in [0.5, 0.6) is 5.75 Å². The molecule has 4 nitrogen and oxygen atoms in total. The number of rotatable bonds is 5. The van der Waals surface area contributed by atoms with Crippen LogP contribution in [0.15, 0.2) is 18.2 Å². The molecule has 2 rings (SSSR count). The van der Waals surface area contributed by atoms with Crippen molar-refractivity contribution in [2.24, 2.45) is 5.73 Å². The molecule has 0 radical (unpaired) electrons. The smallest absolute Gasteiger partial charge is 0.251 e. The highest BCUT2D eigenvalue weighted by molar-refractivity contribution is 5.94. The number of carbonyl (C=O) groups is 1. The van der Waals surface area contributed by atoms with E-state index in [0.29, 0.717) is 12.1 Å². The molecule has 1 amide bonds. The molecule has 20 heavy (non-hydrogen) atoms. The van der Waals surface area contributed by atoms with Crippen molar-refractivity contribution in [1.29, 1.82) is 0 Å². The van der Waals surface area contributed by atoms with Crippen molar-refractivity contribution in [2.45, 2.75) is 31.7 Å². The second kappa shape index (κ2) is 8.07. The fourth-order valence-electron chi connectivity index (χ4n) is 2.27. The molecule has 0 unspecified atom stereocenters. The van der Waals surface area contributed by atoms with Crippen molar-refractivity contribution in [3.8, 4) is 5.75 Å². The van der Waals surface area contributed by atoms with Gasteiger partial charge in [0.2, 0.25) is 0 Å². The molecule has 0 saturated heterocycles. The van der Waals surface area contributed by atoms with Gasteiger partial charge in [0.1, 0.15) is 6.61 Å². The predicted octanol–water partition coefficient (Wildman–Crippen LogP) is 2.26. The van der Waals surface area contributed by atoms with Gasteiger partial charge in [0.15, 0.2) is 11.6 Å². The van der Waals surface area contributed by atoms with E-state index in [1.165, 1.54) is 12.1 Å². The van der Waals surface area contributed by atoms with Crippen LogP contribution in [0, 0.1) is 5.82 Å². The highest BCUT2D eigenvalue weighted by atomic mass is 35.5. The van der Waals surface area contributed by atoms with E-state index in [9.17, 15) is 9.18 Å². The Morgan fingerprint density at radius 3 is 2.70 bits per heavy atom. The van der Waals surface area contributed by atoms with Gasteiger partial charge in [0.05, 0.1) is 0 Å². The Labute approximate surface area is 124 Å². The summed E-state index contributed by atoms with van der Waals surface area (Å²) in [7, 11) is 0. The van der Waals surface area contributed by atoms with Gasteiger partial charge in [-0.3, -0.25) is 4.79 Å². The molecule has 1 fully saturated rings. The third-order valence-electron chi connectivity index (χ3n) is 3.26. The predicted molar refractivity (Wildman–Crippen MR) is 77.9 cm³/mol. The Morgan fingerprint density at radius 1 is 1.40 bits per heavy atom. The molecule has 112 valence electrons. The Kier molecular flexibility index (Phi) is 6.75. The number of amides is 1. The van der Waals surface area contributed by atoms with Gasteiger partial charge in [-0.1, -0.05) is 12.8 Å². The minimum Gasteiger partial charge on any atom is -0.489 e. The van der Waals surface area contributed by atoms with Crippen molar-refractivity contribution in [2.75, 3.05) is 13.2 Å². The molecule has 0 bridgehead atoms. The Balaban J connectivity index is 0.00000200. The second-order valence-electron chi connectivity index (χ2n) is 4.74. The van der Waals surface area contributed by atoms with Crippen LogP contribution in [0.25, 0.3) is 0 Å². The second-order valence-corrected chi connectivity index (χ2v) is 4.74. The first-order valence-corrected chi connectivity index (χ1v) is 6.64. The lowest BCUT2D eigenvalue weighted by molar-refractivity contribution is 0.0937. The quantitative estimate of drug-likeness (QED) is 0.877. The van der Waals surface area contributed by atoms with E-state index in [1.807, 2.05) is 0 Å². The van der Waals surface area contributed by atoms with Gasteiger partial charge < -0.3 is 15.8 Å². The van der Waals surface area contributed by atoms with Crippen LogP contribution in [0.4, 0.5) is 4.39 Å². The lowest BCUT2D eigenvalue weighted by atomic mass is 10.1. The number of ether oxygens (including phenoxy) is 1. The van der Waals surface area contributed by atoms with E-state index in [2.05, 4.69) is 5.32 Å². The van der Waals surface area contributed by atoms with Crippen LogP contribution in [0.2, 0.25) is 0 Å². The highest BCUT2D eigenvalue weighted by Gasteiger charge is 2.18.